The van der Waals surface area contributed by atoms with Crippen LogP contribution in [-0.2, 0) is 19.6 Å². The number of rotatable bonds is 8. The number of aromatic nitrogens is 1. The number of benzene rings is 3. The average Bonchev–Trinajstić information content (AvgIpc) is 3.09. The number of fused-ring (bicyclic) bond motifs is 1. The van der Waals surface area contributed by atoms with Gasteiger partial charge in [-0.1, -0.05) is 73.3 Å². The Morgan fingerprint density at radius 3 is 2.42 bits per heavy atom. The fourth-order valence-electron chi connectivity index (χ4n) is 3.87. The third-order valence-corrected chi connectivity index (χ3v) is 5.41. The van der Waals surface area contributed by atoms with E-state index in [1.54, 1.807) is 24.3 Å². The minimum absolute atomic E-state index is 0.245. The zero-order valence-corrected chi connectivity index (χ0v) is 17.0. The maximum absolute atomic E-state index is 13.9. The van der Waals surface area contributed by atoms with Gasteiger partial charge in [-0.05, 0) is 23.3 Å². The summed E-state index contributed by atoms with van der Waals surface area (Å²) in [5.41, 5.74) is 4.36. The van der Waals surface area contributed by atoms with Gasteiger partial charge < -0.3 is 15.0 Å². The van der Waals surface area contributed by atoms with E-state index in [0.717, 1.165) is 22.0 Å². The molecule has 0 saturated heterocycles. The SMILES string of the molecule is C=Cc1ccc(Cn2c(C(=O)O)c(CNCc3ccccc3F)c3ccccc32)cc1. The van der Waals surface area contributed by atoms with Crippen LogP contribution in [0.4, 0.5) is 4.39 Å². The highest BCUT2D eigenvalue weighted by molar-refractivity contribution is 5.98. The Bertz CT molecular complexity index is 1240. The third-order valence-electron chi connectivity index (χ3n) is 5.41. The Kier molecular flexibility index (Phi) is 5.96. The molecule has 0 aliphatic rings. The van der Waals surface area contributed by atoms with Gasteiger partial charge in [0.25, 0.3) is 0 Å². The molecule has 0 amide bonds. The maximum Gasteiger partial charge on any atom is 0.352 e. The van der Waals surface area contributed by atoms with Crippen molar-refractivity contribution in [3.8, 4) is 0 Å². The molecular weight excluding hydrogens is 391 g/mol. The topological polar surface area (TPSA) is 54.3 Å². The van der Waals surface area contributed by atoms with Crippen LogP contribution in [0.1, 0.15) is 32.7 Å². The maximum atomic E-state index is 13.9. The van der Waals surface area contributed by atoms with Crippen molar-refractivity contribution < 1.29 is 14.3 Å². The fraction of sp³-hybridized carbons (Fsp3) is 0.115. The number of nitrogens with zero attached hydrogens (tertiary/aromatic N) is 1. The third kappa shape index (κ3) is 4.27. The lowest BCUT2D eigenvalue weighted by Crippen LogP contribution is -2.17. The summed E-state index contributed by atoms with van der Waals surface area (Å²) in [5, 5.41) is 14.1. The molecule has 1 heterocycles. The van der Waals surface area contributed by atoms with Gasteiger partial charge in [0.05, 0.1) is 0 Å². The normalized spacial score (nSPS) is 11.0. The second-order valence-electron chi connectivity index (χ2n) is 7.38. The van der Waals surface area contributed by atoms with E-state index >= 15 is 0 Å². The molecule has 0 radical (unpaired) electrons. The van der Waals surface area contributed by atoms with E-state index in [-0.39, 0.29) is 11.5 Å². The smallest absolute Gasteiger partial charge is 0.352 e. The predicted molar refractivity (Wildman–Crippen MR) is 121 cm³/mol. The molecule has 5 heteroatoms. The lowest BCUT2D eigenvalue weighted by molar-refractivity contribution is 0.0684. The van der Waals surface area contributed by atoms with Gasteiger partial charge in [0.2, 0.25) is 0 Å². The number of para-hydroxylation sites is 1. The number of hydrogen-bond donors (Lipinski definition) is 2. The largest absolute Gasteiger partial charge is 0.477 e. The minimum atomic E-state index is -0.985. The number of halogens is 1. The molecule has 0 bridgehead atoms. The highest BCUT2D eigenvalue weighted by Gasteiger charge is 2.22. The Morgan fingerprint density at radius 1 is 1.00 bits per heavy atom. The van der Waals surface area contributed by atoms with Crippen LogP contribution in [-0.4, -0.2) is 15.6 Å². The van der Waals surface area contributed by atoms with E-state index in [0.29, 0.717) is 30.8 Å². The lowest BCUT2D eigenvalue weighted by Gasteiger charge is -2.10. The summed E-state index contributed by atoms with van der Waals surface area (Å²) in [4.78, 5) is 12.3. The number of carbonyl (C=O) groups is 1. The van der Waals surface area contributed by atoms with Crippen LogP contribution >= 0.6 is 0 Å². The second-order valence-corrected chi connectivity index (χ2v) is 7.38. The summed E-state index contributed by atoms with van der Waals surface area (Å²) in [6.07, 6.45) is 1.77. The summed E-state index contributed by atoms with van der Waals surface area (Å²) < 4.78 is 15.8. The summed E-state index contributed by atoms with van der Waals surface area (Å²) >= 11 is 0. The number of carboxylic acid groups (broad SMARTS) is 1. The predicted octanol–water partition coefficient (Wildman–Crippen LogP) is 5.46. The van der Waals surface area contributed by atoms with Crippen LogP contribution in [0.2, 0.25) is 0 Å². The van der Waals surface area contributed by atoms with Gasteiger partial charge in [0.1, 0.15) is 11.5 Å². The van der Waals surface area contributed by atoms with E-state index in [2.05, 4.69) is 11.9 Å². The molecule has 0 unspecified atom stereocenters. The number of nitrogens with one attached hydrogen (secondary N) is 1. The first kappa shape index (κ1) is 20.6. The van der Waals surface area contributed by atoms with Gasteiger partial charge in [0.15, 0.2) is 0 Å². The molecule has 4 aromatic rings. The van der Waals surface area contributed by atoms with E-state index in [1.165, 1.54) is 6.07 Å². The summed E-state index contributed by atoms with van der Waals surface area (Å²) in [6, 6.07) is 22.1. The van der Waals surface area contributed by atoms with Gasteiger partial charge in [0, 0.05) is 41.7 Å². The van der Waals surface area contributed by atoms with Gasteiger partial charge in [-0.3, -0.25) is 0 Å². The Labute approximate surface area is 180 Å². The van der Waals surface area contributed by atoms with Gasteiger partial charge in [-0.15, -0.1) is 0 Å². The summed E-state index contributed by atoms with van der Waals surface area (Å²) in [6.45, 7) is 4.84. The molecule has 0 spiro atoms. The lowest BCUT2D eigenvalue weighted by atomic mass is 10.1. The number of hydrogen-bond acceptors (Lipinski definition) is 2. The molecule has 4 nitrogen and oxygen atoms in total. The quantitative estimate of drug-likeness (QED) is 0.403. The van der Waals surface area contributed by atoms with E-state index < -0.39 is 5.97 Å². The fourth-order valence-corrected chi connectivity index (χ4v) is 3.87. The Balaban J connectivity index is 1.69. The molecule has 4 rings (SSSR count). The van der Waals surface area contributed by atoms with E-state index in [4.69, 9.17) is 0 Å². The van der Waals surface area contributed by atoms with E-state index in [9.17, 15) is 14.3 Å². The van der Waals surface area contributed by atoms with Crippen LogP contribution in [0, 0.1) is 5.82 Å². The first-order valence-electron chi connectivity index (χ1n) is 10.1. The Morgan fingerprint density at radius 2 is 1.71 bits per heavy atom. The first-order valence-corrected chi connectivity index (χ1v) is 10.1. The van der Waals surface area contributed by atoms with E-state index in [1.807, 2.05) is 53.1 Å². The first-order chi connectivity index (χ1) is 15.1. The van der Waals surface area contributed by atoms with Gasteiger partial charge >= 0.3 is 5.97 Å². The molecule has 0 saturated carbocycles. The van der Waals surface area contributed by atoms with Crippen LogP contribution in [0.5, 0.6) is 0 Å². The summed E-state index contributed by atoms with van der Waals surface area (Å²) in [5.74, 6) is -1.26. The molecule has 0 atom stereocenters. The standard InChI is InChI=1S/C26H23FN2O2/c1-2-18-11-13-19(14-12-18)17-29-24-10-6-4-8-21(24)22(25(29)26(30)31)16-28-15-20-7-3-5-9-23(20)27/h2-14,28H,1,15-17H2,(H,30,31). The molecule has 0 aliphatic carbocycles. The van der Waals surface area contributed by atoms with Crippen molar-refractivity contribution in [3.63, 3.8) is 0 Å². The highest BCUT2D eigenvalue weighted by atomic mass is 19.1. The molecule has 31 heavy (non-hydrogen) atoms. The monoisotopic (exact) mass is 414 g/mol. The van der Waals surface area contributed by atoms with Crippen molar-refractivity contribution >= 4 is 22.9 Å². The van der Waals surface area contributed by atoms with Crippen molar-refractivity contribution in [1.29, 1.82) is 0 Å². The highest BCUT2D eigenvalue weighted by Crippen LogP contribution is 2.28. The number of aromatic carboxylic acids is 1. The number of carboxylic acids is 1. The van der Waals surface area contributed by atoms with Crippen LogP contribution in [0.3, 0.4) is 0 Å². The zero-order valence-electron chi connectivity index (χ0n) is 17.0. The second kappa shape index (κ2) is 8.98. The zero-order chi connectivity index (χ0) is 21.8. The molecule has 0 fully saturated rings. The van der Waals surface area contributed by atoms with Crippen LogP contribution in [0.25, 0.3) is 17.0 Å². The van der Waals surface area contributed by atoms with Crippen molar-refractivity contribution in [2.75, 3.05) is 0 Å². The summed E-state index contributed by atoms with van der Waals surface area (Å²) in [7, 11) is 0. The van der Waals surface area contributed by atoms with Crippen LogP contribution < -0.4 is 5.32 Å². The van der Waals surface area contributed by atoms with Crippen molar-refractivity contribution in [3.05, 3.63) is 113 Å². The van der Waals surface area contributed by atoms with Gasteiger partial charge in [-0.2, -0.15) is 0 Å². The average molecular weight is 414 g/mol. The van der Waals surface area contributed by atoms with Crippen molar-refractivity contribution in [1.82, 2.24) is 9.88 Å². The van der Waals surface area contributed by atoms with Crippen molar-refractivity contribution in [2.24, 2.45) is 0 Å². The molecule has 156 valence electrons. The molecular formula is C26H23FN2O2. The molecule has 1 aromatic heterocycles. The van der Waals surface area contributed by atoms with Gasteiger partial charge in [-0.25, -0.2) is 9.18 Å². The molecule has 2 N–H and O–H groups in total. The Hall–Kier alpha value is -3.70. The molecule has 0 aliphatic heterocycles. The van der Waals surface area contributed by atoms with Crippen molar-refractivity contribution in [2.45, 2.75) is 19.6 Å². The molecule has 3 aromatic carbocycles. The minimum Gasteiger partial charge on any atom is -0.477 e. The van der Waals surface area contributed by atoms with Crippen LogP contribution in [0.15, 0.2) is 79.4 Å².